The summed E-state index contributed by atoms with van der Waals surface area (Å²) in [6.07, 6.45) is -10.4. The molecular formula is C38H44F6N2O7. The lowest BCUT2D eigenvalue weighted by molar-refractivity contribution is -0.376. The number of aliphatic hydroxyl groups is 1. The van der Waals surface area contributed by atoms with Crippen LogP contribution in [0.25, 0.3) is 0 Å². The monoisotopic (exact) mass is 754 g/mol. The van der Waals surface area contributed by atoms with Gasteiger partial charge in [-0.25, -0.2) is 4.79 Å². The van der Waals surface area contributed by atoms with Crippen LogP contribution in [0.2, 0.25) is 0 Å². The predicted octanol–water partition coefficient (Wildman–Crippen LogP) is 8.52. The van der Waals surface area contributed by atoms with E-state index in [0.29, 0.717) is 60.8 Å². The summed E-state index contributed by atoms with van der Waals surface area (Å²) in [5, 5.41) is 10.1. The number of aryl methyl sites for hydroxylation is 2. The molecule has 1 aliphatic rings. The van der Waals surface area contributed by atoms with Gasteiger partial charge in [-0.2, -0.15) is 26.3 Å². The van der Waals surface area contributed by atoms with Gasteiger partial charge in [-0.15, -0.1) is 0 Å². The fourth-order valence-electron chi connectivity index (χ4n) is 6.20. The minimum absolute atomic E-state index is 0.0175. The standard InChI is InChI=1S/C38H44F6N2O7/c1-6-11-26-19-28(36(49,37(39,40)41)38(42,43)44)20-27(12-7-2)33(26)52-16-9-8-15-45-34(47)24(3)46(35(45)48)29-13-10-14-30(21-29)53-23-25-17-31(50-4)22-32(18-25)51-5/h10,13-14,17-22,24,49H,6-9,11-12,15-16,23H2,1-5H3. The van der Waals surface area contributed by atoms with Gasteiger partial charge in [0.1, 0.15) is 35.6 Å². The van der Waals surface area contributed by atoms with Crippen LogP contribution in [0.5, 0.6) is 23.0 Å². The minimum atomic E-state index is -6.01. The number of hydrogen-bond acceptors (Lipinski definition) is 7. The molecule has 0 radical (unpaired) electrons. The first-order chi connectivity index (χ1) is 25.0. The lowest BCUT2D eigenvalue weighted by Crippen LogP contribution is -2.54. The maximum atomic E-state index is 13.7. The zero-order chi connectivity index (χ0) is 39.1. The molecule has 0 aromatic heterocycles. The van der Waals surface area contributed by atoms with Crippen molar-refractivity contribution in [3.63, 3.8) is 0 Å². The molecule has 53 heavy (non-hydrogen) atoms. The number of methoxy groups -OCH3 is 2. The fraction of sp³-hybridized carbons (Fsp3) is 0.474. The lowest BCUT2D eigenvalue weighted by atomic mass is 9.87. The van der Waals surface area contributed by atoms with Crippen molar-refractivity contribution < 1.29 is 60.0 Å². The molecular weight excluding hydrogens is 710 g/mol. The van der Waals surface area contributed by atoms with Crippen molar-refractivity contribution in [2.75, 3.05) is 32.3 Å². The van der Waals surface area contributed by atoms with Gasteiger partial charge in [0, 0.05) is 24.2 Å². The van der Waals surface area contributed by atoms with Crippen molar-refractivity contribution >= 4 is 17.6 Å². The molecule has 3 aromatic rings. The van der Waals surface area contributed by atoms with Crippen molar-refractivity contribution in [1.29, 1.82) is 0 Å². The van der Waals surface area contributed by atoms with Crippen LogP contribution < -0.4 is 23.8 Å². The summed E-state index contributed by atoms with van der Waals surface area (Å²) < 4.78 is 105. The topological polar surface area (TPSA) is 97.8 Å². The second-order valence-electron chi connectivity index (χ2n) is 12.7. The van der Waals surface area contributed by atoms with Crippen molar-refractivity contribution in [3.05, 3.63) is 76.9 Å². The van der Waals surface area contributed by atoms with Crippen LogP contribution >= 0.6 is 0 Å². The molecule has 0 spiro atoms. The molecule has 0 saturated carbocycles. The van der Waals surface area contributed by atoms with Gasteiger partial charge >= 0.3 is 18.4 Å². The smallest absolute Gasteiger partial charge is 0.430 e. The van der Waals surface area contributed by atoms with Gasteiger partial charge in [-0.05, 0) is 85.7 Å². The second kappa shape index (κ2) is 17.0. The number of benzene rings is 3. The number of alkyl halides is 6. The van der Waals surface area contributed by atoms with Crippen LogP contribution in [0.1, 0.15) is 68.7 Å². The van der Waals surface area contributed by atoms with E-state index in [1.165, 1.54) is 4.90 Å². The first-order valence-corrected chi connectivity index (χ1v) is 17.2. The molecule has 3 amide bonds. The zero-order valence-corrected chi connectivity index (χ0v) is 30.2. The number of hydrogen-bond donors (Lipinski definition) is 1. The van der Waals surface area contributed by atoms with Gasteiger partial charge in [-0.1, -0.05) is 32.8 Å². The molecule has 4 rings (SSSR count). The Morgan fingerprint density at radius 2 is 1.36 bits per heavy atom. The molecule has 3 aromatic carbocycles. The summed E-state index contributed by atoms with van der Waals surface area (Å²) in [7, 11) is 3.09. The van der Waals surface area contributed by atoms with Crippen molar-refractivity contribution in [2.24, 2.45) is 0 Å². The molecule has 1 heterocycles. The summed E-state index contributed by atoms with van der Waals surface area (Å²) in [5.74, 6) is 1.43. The van der Waals surface area contributed by atoms with Crippen LogP contribution in [-0.2, 0) is 29.8 Å². The summed E-state index contributed by atoms with van der Waals surface area (Å²) in [6, 6.07) is 12.2. The first-order valence-electron chi connectivity index (χ1n) is 17.2. The van der Waals surface area contributed by atoms with Gasteiger partial charge < -0.3 is 24.1 Å². The SMILES string of the molecule is CCCc1cc(C(O)(C(F)(F)F)C(F)(F)F)cc(CCC)c1OCCCCN1C(=O)C(C)N(c2cccc(OCc3cc(OC)cc(OC)c3)c2)C1=O. The number of imide groups is 1. The van der Waals surface area contributed by atoms with Gasteiger partial charge in [0.25, 0.3) is 11.5 Å². The minimum Gasteiger partial charge on any atom is -0.497 e. The van der Waals surface area contributed by atoms with Crippen molar-refractivity contribution in [2.45, 2.75) is 89.9 Å². The largest absolute Gasteiger partial charge is 0.497 e. The van der Waals surface area contributed by atoms with E-state index in [2.05, 4.69) is 0 Å². The third-order valence-corrected chi connectivity index (χ3v) is 8.90. The number of urea groups is 1. The first kappa shape index (κ1) is 41.1. The summed E-state index contributed by atoms with van der Waals surface area (Å²) in [4.78, 5) is 29.2. The number of anilines is 1. The highest BCUT2D eigenvalue weighted by atomic mass is 19.4. The normalized spacial score (nSPS) is 15.3. The Balaban J connectivity index is 1.42. The molecule has 290 valence electrons. The molecule has 0 aliphatic carbocycles. The Labute approximate surface area is 304 Å². The summed E-state index contributed by atoms with van der Waals surface area (Å²) >= 11 is 0. The molecule has 15 heteroatoms. The Kier molecular flexibility index (Phi) is 13.2. The number of halogens is 6. The predicted molar refractivity (Wildman–Crippen MR) is 185 cm³/mol. The van der Waals surface area contributed by atoms with E-state index in [9.17, 15) is 41.0 Å². The van der Waals surface area contributed by atoms with E-state index in [1.807, 2.05) is 0 Å². The number of nitrogens with zero attached hydrogens (tertiary/aromatic N) is 2. The average Bonchev–Trinajstić information content (AvgIpc) is 3.32. The zero-order valence-electron chi connectivity index (χ0n) is 30.2. The van der Waals surface area contributed by atoms with E-state index >= 15 is 0 Å². The molecule has 1 N–H and O–H groups in total. The van der Waals surface area contributed by atoms with Crippen LogP contribution in [0.15, 0.2) is 54.6 Å². The number of carbonyl (C=O) groups is 2. The van der Waals surface area contributed by atoms with Crippen LogP contribution in [0.3, 0.4) is 0 Å². The molecule has 1 saturated heterocycles. The van der Waals surface area contributed by atoms with E-state index in [0.717, 1.165) is 10.5 Å². The van der Waals surface area contributed by atoms with Gasteiger partial charge in [0.15, 0.2) is 0 Å². The van der Waals surface area contributed by atoms with Crippen LogP contribution in [0, 0.1) is 0 Å². The van der Waals surface area contributed by atoms with E-state index in [1.54, 1.807) is 77.5 Å². The highest BCUT2D eigenvalue weighted by molar-refractivity contribution is 6.14. The lowest BCUT2D eigenvalue weighted by Gasteiger charge is -2.33. The average molecular weight is 755 g/mol. The summed E-state index contributed by atoms with van der Waals surface area (Å²) in [6.45, 7) is 5.31. The van der Waals surface area contributed by atoms with E-state index in [-0.39, 0.29) is 49.5 Å². The van der Waals surface area contributed by atoms with Crippen molar-refractivity contribution in [1.82, 2.24) is 4.90 Å². The maximum Gasteiger partial charge on any atom is 0.430 e. The molecule has 0 bridgehead atoms. The quantitative estimate of drug-likeness (QED) is 0.0839. The molecule has 1 unspecified atom stereocenters. The Morgan fingerprint density at radius 3 is 1.89 bits per heavy atom. The Hall–Kier alpha value is -4.66. The number of ether oxygens (including phenoxy) is 4. The molecule has 9 nitrogen and oxygen atoms in total. The van der Waals surface area contributed by atoms with Crippen LogP contribution in [0.4, 0.5) is 36.8 Å². The van der Waals surface area contributed by atoms with Gasteiger partial charge in [-0.3, -0.25) is 14.6 Å². The van der Waals surface area contributed by atoms with E-state index in [4.69, 9.17) is 18.9 Å². The third-order valence-electron chi connectivity index (χ3n) is 8.90. The number of amides is 3. The fourth-order valence-corrected chi connectivity index (χ4v) is 6.20. The van der Waals surface area contributed by atoms with Crippen LogP contribution in [-0.4, -0.2) is 67.7 Å². The van der Waals surface area contributed by atoms with Gasteiger partial charge in [0.05, 0.1) is 26.5 Å². The molecule has 1 atom stereocenters. The molecule has 1 aliphatic heterocycles. The van der Waals surface area contributed by atoms with Crippen molar-refractivity contribution in [3.8, 4) is 23.0 Å². The highest BCUT2D eigenvalue weighted by Gasteiger charge is 2.71. The Bertz CT molecular complexity index is 1680. The maximum absolute atomic E-state index is 13.7. The number of rotatable bonds is 17. The Morgan fingerprint density at radius 1 is 0.774 bits per heavy atom. The summed E-state index contributed by atoms with van der Waals surface area (Å²) in [5.41, 5.74) is -4.88. The highest BCUT2D eigenvalue weighted by Crippen LogP contribution is 2.51. The number of unbranched alkanes of at least 4 members (excludes halogenated alkanes) is 1. The third kappa shape index (κ3) is 8.94. The van der Waals surface area contributed by atoms with E-state index < -0.39 is 41.5 Å². The number of carbonyl (C=O) groups excluding carboxylic acids is 2. The second-order valence-corrected chi connectivity index (χ2v) is 12.7. The van der Waals surface area contributed by atoms with Gasteiger partial charge in [0.2, 0.25) is 0 Å². The molecule has 1 fully saturated rings.